The second-order valence-corrected chi connectivity index (χ2v) is 12.9. The molecule has 1 aromatic heterocycles. The van der Waals surface area contributed by atoms with Crippen molar-refractivity contribution in [2.75, 3.05) is 12.8 Å². The molecule has 3 unspecified atom stereocenters. The van der Waals surface area contributed by atoms with Gasteiger partial charge in [0.25, 0.3) is 0 Å². The van der Waals surface area contributed by atoms with E-state index in [0.717, 1.165) is 12.5 Å². The van der Waals surface area contributed by atoms with Crippen molar-refractivity contribution in [3.05, 3.63) is 59.4 Å². The van der Waals surface area contributed by atoms with Gasteiger partial charge in [0.15, 0.2) is 9.84 Å². The van der Waals surface area contributed by atoms with Gasteiger partial charge in [-0.15, -0.1) is 0 Å². The smallest absolute Gasteiger partial charge is 0.418 e. The van der Waals surface area contributed by atoms with Crippen LogP contribution in [0.3, 0.4) is 0 Å². The Bertz CT molecular complexity index is 1520. The molecule has 0 spiro atoms. The summed E-state index contributed by atoms with van der Waals surface area (Å²) in [4.78, 5) is 33.2. The number of sulfone groups is 1. The van der Waals surface area contributed by atoms with Gasteiger partial charge < -0.3 is 20.3 Å². The van der Waals surface area contributed by atoms with Crippen LogP contribution >= 0.6 is 0 Å². The molecule has 2 aromatic carbocycles. The summed E-state index contributed by atoms with van der Waals surface area (Å²) in [5.74, 6) is -2.28. The summed E-state index contributed by atoms with van der Waals surface area (Å²) in [6.45, 7) is 4.09. The molecule has 3 aromatic rings. The molecule has 222 valence electrons. The van der Waals surface area contributed by atoms with Gasteiger partial charge in [-0.05, 0) is 82.5 Å². The summed E-state index contributed by atoms with van der Waals surface area (Å²) < 4.78 is 66.8. The Morgan fingerprint density at radius 3 is 2.44 bits per heavy atom. The van der Waals surface area contributed by atoms with E-state index in [1.807, 2.05) is 20.9 Å². The van der Waals surface area contributed by atoms with Crippen molar-refractivity contribution in [3.63, 3.8) is 0 Å². The maximum absolute atomic E-state index is 13.4. The zero-order valence-corrected chi connectivity index (χ0v) is 23.7. The van der Waals surface area contributed by atoms with Crippen LogP contribution in [0.4, 0.5) is 13.2 Å². The molecule has 4 rings (SSSR count). The molecule has 1 saturated carbocycles. The van der Waals surface area contributed by atoms with Gasteiger partial charge in [0.2, 0.25) is 5.91 Å². The van der Waals surface area contributed by atoms with Crippen LogP contribution in [0.25, 0.3) is 11.0 Å². The van der Waals surface area contributed by atoms with Gasteiger partial charge in [-0.2, -0.15) is 13.2 Å². The van der Waals surface area contributed by atoms with Crippen molar-refractivity contribution >= 4 is 32.7 Å². The van der Waals surface area contributed by atoms with Crippen molar-refractivity contribution in [1.82, 2.24) is 20.2 Å². The number of para-hydroxylation sites is 1. The Labute approximate surface area is 236 Å². The molecule has 13 heteroatoms. The Kier molecular flexibility index (Phi) is 8.78. The number of nitrogens with zero attached hydrogens (tertiary/aromatic N) is 2. The monoisotopic (exact) mass is 594 g/mol. The first-order valence-electron chi connectivity index (χ1n) is 13.3. The number of hydrogen-bond donors (Lipinski definition) is 3. The molecule has 3 atom stereocenters. The number of carboxylic acids is 1. The highest BCUT2D eigenvalue weighted by atomic mass is 32.2. The molecule has 0 saturated heterocycles. The van der Waals surface area contributed by atoms with Gasteiger partial charge in [0.05, 0.1) is 33.7 Å². The minimum absolute atomic E-state index is 0.00495. The number of H-pyrrole nitrogens is 1. The summed E-state index contributed by atoms with van der Waals surface area (Å²) in [5.41, 5.74) is -1.03. The maximum Gasteiger partial charge on any atom is 0.418 e. The number of fused-ring (bicyclic) bond motifs is 1. The van der Waals surface area contributed by atoms with Crippen LogP contribution in [0.15, 0.2) is 47.4 Å². The third-order valence-corrected chi connectivity index (χ3v) is 9.64. The molecule has 1 amide bonds. The van der Waals surface area contributed by atoms with E-state index >= 15 is 0 Å². The van der Waals surface area contributed by atoms with Crippen molar-refractivity contribution in [2.45, 2.75) is 68.7 Å². The van der Waals surface area contributed by atoms with Crippen LogP contribution in [0.1, 0.15) is 54.9 Å². The van der Waals surface area contributed by atoms with E-state index in [1.165, 1.54) is 36.4 Å². The summed E-state index contributed by atoms with van der Waals surface area (Å²) in [5, 5.41) is 12.0. The fourth-order valence-corrected chi connectivity index (χ4v) is 7.07. The van der Waals surface area contributed by atoms with Gasteiger partial charge in [-0.3, -0.25) is 4.79 Å². The van der Waals surface area contributed by atoms with Crippen LogP contribution in [-0.2, 0) is 27.2 Å². The molecule has 3 N–H and O–H groups in total. The Balaban J connectivity index is 1.53. The molecule has 1 heterocycles. The molecule has 1 aliphatic rings. The summed E-state index contributed by atoms with van der Waals surface area (Å²) >= 11 is 0. The lowest BCUT2D eigenvalue weighted by molar-refractivity contribution is -0.136. The topological polar surface area (TPSA) is 132 Å². The number of aromatic amines is 1. The van der Waals surface area contributed by atoms with E-state index < -0.39 is 45.4 Å². The number of hydrogen-bond acceptors (Lipinski definition) is 6. The van der Waals surface area contributed by atoms with Crippen molar-refractivity contribution in [2.24, 2.45) is 5.92 Å². The maximum atomic E-state index is 13.4. The van der Waals surface area contributed by atoms with Gasteiger partial charge in [-0.1, -0.05) is 6.07 Å². The van der Waals surface area contributed by atoms with Crippen LogP contribution in [0.5, 0.6) is 0 Å². The number of carboxylic acid groups (broad SMARTS) is 1. The van der Waals surface area contributed by atoms with E-state index in [4.69, 9.17) is 5.11 Å². The first-order valence-corrected chi connectivity index (χ1v) is 14.9. The molecular weight excluding hydrogens is 561 g/mol. The standard InChI is InChI=1S/C28H33F3N4O5S/c1-16(2)35(3)19-9-12-22(18(13-19)15-41(39,40)20-10-7-17(8-11-20)27(37)38)33-25(36)14-24-32-23-6-4-5-21(26(23)34-24)28(29,30)31/h4-8,10-11,16,18-19,22H,9,12-15H2,1-3H3,(H,32,34)(H,33,36)(H,37,38). The highest BCUT2D eigenvalue weighted by Crippen LogP contribution is 2.34. The zero-order valence-electron chi connectivity index (χ0n) is 22.9. The van der Waals surface area contributed by atoms with Crippen molar-refractivity contribution in [3.8, 4) is 0 Å². The summed E-state index contributed by atoms with van der Waals surface area (Å²) in [6.07, 6.45) is -3.14. The molecule has 9 nitrogen and oxygen atoms in total. The van der Waals surface area contributed by atoms with Crippen LogP contribution in [0, 0.1) is 5.92 Å². The third kappa shape index (κ3) is 7.07. The van der Waals surface area contributed by atoms with Gasteiger partial charge >= 0.3 is 12.1 Å². The Morgan fingerprint density at radius 1 is 1.15 bits per heavy atom. The fraction of sp³-hybridized carbons (Fsp3) is 0.464. The largest absolute Gasteiger partial charge is 0.478 e. The van der Waals surface area contributed by atoms with Crippen LogP contribution in [0.2, 0.25) is 0 Å². The quantitative estimate of drug-likeness (QED) is 0.337. The number of halogens is 3. The number of imidazole rings is 1. The van der Waals surface area contributed by atoms with Crippen LogP contribution < -0.4 is 5.32 Å². The second-order valence-electron chi connectivity index (χ2n) is 10.8. The molecular formula is C28H33F3N4O5S. The minimum Gasteiger partial charge on any atom is -0.478 e. The molecule has 0 aliphatic heterocycles. The number of carbonyl (C=O) groups is 2. The summed E-state index contributed by atoms with van der Waals surface area (Å²) in [7, 11) is -1.85. The lowest BCUT2D eigenvalue weighted by atomic mass is 9.81. The minimum atomic E-state index is -4.59. The van der Waals surface area contributed by atoms with Gasteiger partial charge in [-0.25, -0.2) is 18.2 Å². The van der Waals surface area contributed by atoms with Crippen molar-refractivity contribution in [1.29, 1.82) is 0 Å². The molecule has 0 bridgehead atoms. The molecule has 1 fully saturated rings. The number of rotatable bonds is 9. The Morgan fingerprint density at radius 2 is 1.83 bits per heavy atom. The number of benzene rings is 2. The third-order valence-electron chi connectivity index (χ3n) is 7.78. The molecule has 41 heavy (non-hydrogen) atoms. The lowest BCUT2D eigenvalue weighted by Crippen LogP contribution is -2.51. The van der Waals surface area contributed by atoms with Gasteiger partial charge in [0.1, 0.15) is 11.3 Å². The van der Waals surface area contributed by atoms with Crippen LogP contribution in [-0.4, -0.2) is 71.2 Å². The predicted molar refractivity (Wildman–Crippen MR) is 146 cm³/mol. The SMILES string of the molecule is CC(C)N(C)C1CCC(NC(=O)Cc2nc3c(C(F)(F)F)cccc3[nH]2)C(CS(=O)(=O)c2ccc(C(=O)O)cc2)C1. The molecule has 1 aliphatic carbocycles. The number of amides is 1. The normalized spacial score (nSPS) is 20.0. The summed E-state index contributed by atoms with van der Waals surface area (Å²) in [6, 6.07) is 8.49. The fourth-order valence-electron chi connectivity index (χ4n) is 5.39. The first kappa shape index (κ1) is 30.5. The average molecular weight is 595 g/mol. The number of aromatic carboxylic acids is 1. The first-order chi connectivity index (χ1) is 19.2. The second kappa shape index (κ2) is 11.8. The van der Waals surface area contributed by atoms with E-state index in [1.54, 1.807) is 0 Å². The highest BCUT2D eigenvalue weighted by molar-refractivity contribution is 7.91. The zero-order chi connectivity index (χ0) is 30.1. The van der Waals surface area contributed by atoms with E-state index in [2.05, 4.69) is 20.2 Å². The number of alkyl halides is 3. The van der Waals surface area contributed by atoms with Gasteiger partial charge in [0, 0.05) is 18.1 Å². The molecule has 0 radical (unpaired) electrons. The Hall–Kier alpha value is -3.45. The number of nitrogens with one attached hydrogen (secondary N) is 2. The van der Waals surface area contributed by atoms with Crippen molar-refractivity contribution < 1.29 is 36.3 Å². The number of carbonyl (C=O) groups excluding carboxylic acids is 1. The highest BCUT2D eigenvalue weighted by Gasteiger charge is 2.37. The van der Waals surface area contributed by atoms with E-state index in [9.17, 15) is 31.2 Å². The van der Waals surface area contributed by atoms with E-state index in [0.29, 0.717) is 12.8 Å². The lowest BCUT2D eigenvalue weighted by Gasteiger charge is -2.41. The number of aromatic nitrogens is 2. The predicted octanol–water partition coefficient (Wildman–Crippen LogP) is 4.29. The average Bonchev–Trinajstić information content (AvgIpc) is 3.30. The van der Waals surface area contributed by atoms with E-state index in [-0.39, 0.29) is 51.6 Å².